The van der Waals surface area contributed by atoms with Crippen molar-refractivity contribution in [2.45, 2.75) is 56.4 Å². The summed E-state index contributed by atoms with van der Waals surface area (Å²) in [5, 5.41) is 3.87. The smallest absolute Gasteiger partial charge is 0.244 e. The van der Waals surface area contributed by atoms with Crippen molar-refractivity contribution < 1.29 is 8.42 Å². The molecule has 24 heavy (non-hydrogen) atoms. The molecule has 1 aromatic carbocycles. The van der Waals surface area contributed by atoms with Gasteiger partial charge in [0, 0.05) is 19.1 Å². The maximum atomic E-state index is 13.0. The van der Waals surface area contributed by atoms with Gasteiger partial charge in [-0.25, -0.2) is 8.42 Å². The summed E-state index contributed by atoms with van der Waals surface area (Å²) in [4.78, 5) is 0.257. The van der Waals surface area contributed by atoms with Gasteiger partial charge in [0.15, 0.2) is 0 Å². The van der Waals surface area contributed by atoms with Gasteiger partial charge in [-0.1, -0.05) is 31.5 Å². The predicted molar refractivity (Wildman–Crippen MR) is 98.0 cm³/mol. The van der Waals surface area contributed by atoms with E-state index in [1.165, 1.54) is 12.8 Å². The Bertz CT molecular complexity index is 676. The van der Waals surface area contributed by atoms with Gasteiger partial charge >= 0.3 is 0 Å². The van der Waals surface area contributed by atoms with Crippen LogP contribution in [0, 0.1) is 5.92 Å². The van der Waals surface area contributed by atoms with Crippen molar-refractivity contribution in [1.82, 2.24) is 9.62 Å². The Morgan fingerprint density at radius 3 is 2.50 bits per heavy atom. The first-order chi connectivity index (χ1) is 11.4. The zero-order valence-corrected chi connectivity index (χ0v) is 16.0. The molecule has 0 aromatic heterocycles. The second-order valence-electron chi connectivity index (χ2n) is 7.29. The van der Waals surface area contributed by atoms with E-state index >= 15 is 0 Å². The van der Waals surface area contributed by atoms with Gasteiger partial charge in [-0.2, -0.15) is 4.31 Å². The van der Waals surface area contributed by atoms with E-state index in [-0.39, 0.29) is 10.8 Å². The fourth-order valence-corrected chi connectivity index (χ4v) is 5.83. The van der Waals surface area contributed by atoms with Crippen molar-refractivity contribution in [3.8, 4) is 0 Å². The largest absolute Gasteiger partial charge is 0.314 e. The van der Waals surface area contributed by atoms with Crippen molar-refractivity contribution in [1.29, 1.82) is 0 Å². The lowest BCUT2D eigenvalue weighted by molar-refractivity contribution is 0.234. The van der Waals surface area contributed by atoms with Crippen LogP contribution in [0.15, 0.2) is 23.1 Å². The van der Waals surface area contributed by atoms with Gasteiger partial charge in [0.05, 0.1) is 5.02 Å². The molecule has 1 aromatic rings. The van der Waals surface area contributed by atoms with E-state index in [0.717, 1.165) is 24.9 Å². The average Bonchev–Trinajstić information content (AvgIpc) is 3.09. The maximum Gasteiger partial charge on any atom is 0.244 e. The van der Waals surface area contributed by atoms with Crippen LogP contribution in [0.4, 0.5) is 0 Å². The SMILES string of the molecule is CC(C)c1ccc(Cl)c(S(=O)(=O)N2CCC(C3CCCN3)CC2)c1. The van der Waals surface area contributed by atoms with Crippen molar-refractivity contribution in [2.75, 3.05) is 19.6 Å². The van der Waals surface area contributed by atoms with E-state index in [0.29, 0.717) is 30.1 Å². The first-order valence-corrected chi connectivity index (χ1v) is 10.7. The fourth-order valence-electron chi connectivity index (χ4n) is 3.85. The highest BCUT2D eigenvalue weighted by atomic mass is 35.5. The van der Waals surface area contributed by atoms with Crippen LogP contribution in [0.2, 0.25) is 5.02 Å². The molecule has 0 amide bonds. The average molecular weight is 371 g/mol. The van der Waals surface area contributed by atoms with E-state index in [4.69, 9.17) is 11.6 Å². The Labute approximate surface area is 150 Å². The standard InChI is InChI=1S/C18H27ClN2O2S/c1-13(2)15-5-6-16(19)18(12-15)24(22,23)21-10-7-14(8-11-21)17-4-3-9-20-17/h5-6,12-14,17,20H,3-4,7-11H2,1-2H3. The van der Waals surface area contributed by atoms with Crippen molar-refractivity contribution in [2.24, 2.45) is 5.92 Å². The Balaban J connectivity index is 1.75. The molecule has 1 atom stereocenters. The molecule has 0 spiro atoms. The lowest BCUT2D eigenvalue weighted by atomic mass is 9.89. The van der Waals surface area contributed by atoms with Gasteiger partial charge in [0.2, 0.25) is 10.0 Å². The summed E-state index contributed by atoms with van der Waals surface area (Å²) in [6.07, 6.45) is 4.32. The summed E-state index contributed by atoms with van der Waals surface area (Å²) in [6.45, 7) is 6.39. The summed E-state index contributed by atoms with van der Waals surface area (Å²) in [7, 11) is -3.51. The summed E-state index contributed by atoms with van der Waals surface area (Å²) < 4.78 is 27.7. The van der Waals surface area contributed by atoms with Gasteiger partial charge in [0.1, 0.15) is 4.90 Å². The van der Waals surface area contributed by atoms with E-state index in [1.54, 1.807) is 16.4 Å². The lowest BCUT2D eigenvalue weighted by Crippen LogP contribution is -2.43. The third-order valence-corrected chi connectivity index (χ3v) is 7.79. The first kappa shape index (κ1) is 18.2. The van der Waals surface area contributed by atoms with E-state index in [9.17, 15) is 8.42 Å². The van der Waals surface area contributed by atoms with Gasteiger partial charge in [0.25, 0.3) is 0 Å². The molecule has 2 aliphatic heterocycles. The molecule has 0 bridgehead atoms. The number of hydrogen-bond acceptors (Lipinski definition) is 3. The van der Waals surface area contributed by atoms with Crippen LogP contribution < -0.4 is 5.32 Å². The molecule has 2 heterocycles. The molecule has 3 rings (SSSR count). The number of rotatable bonds is 4. The zero-order valence-electron chi connectivity index (χ0n) is 14.5. The summed E-state index contributed by atoms with van der Waals surface area (Å²) in [5.74, 6) is 0.867. The quantitative estimate of drug-likeness (QED) is 0.880. The molecule has 1 N–H and O–H groups in total. The number of piperidine rings is 1. The maximum absolute atomic E-state index is 13.0. The normalized spacial score (nSPS) is 23.9. The molecule has 4 nitrogen and oxygen atoms in total. The van der Waals surface area contributed by atoms with Gasteiger partial charge in [-0.3, -0.25) is 0 Å². The molecule has 1 unspecified atom stereocenters. The Morgan fingerprint density at radius 1 is 1.21 bits per heavy atom. The summed E-state index contributed by atoms with van der Waals surface area (Å²) in [5.41, 5.74) is 1.00. The minimum absolute atomic E-state index is 0.257. The van der Waals surface area contributed by atoms with Crippen LogP contribution in [0.1, 0.15) is 51.0 Å². The highest BCUT2D eigenvalue weighted by molar-refractivity contribution is 7.89. The number of nitrogens with zero attached hydrogens (tertiary/aromatic N) is 1. The monoisotopic (exact) mass is 370 g/mol. The predicted octanol–water partition coefficient (Wildman–Crippen LogP) is 3.62. The molecule has 6 heteroatoms. The second kappa shape index (κ2) is 7.32. The Kier molecular flexibility index (Phi) is 5.55. The van der Waals surface area contributed by atoms with Crippen molar-refractivity contribution >= 4 is 21.6 Å². The molecule has 134 valence electrons. The van der Waals surface area contributed by atoms with E-state index < -0.39 is 10.0 Å². The van der Waals surface area contributed by atoms with Crippen molar-refractivity contribution in [3.05, 3.63) is 28.8 Å². The van der Waals surface area contributed by atoms with Crippen LogP contribution in [0.3, 0.4) is 0 Å². The second-order valence-corrected chi connectivity index (χ2v) is 9.60. The molecular weight excluding hydrogens is 344 g/mol. The van der Waals surface area contributed by atoms with Crippen LogP contribution in [-0.2, 0) is 10.0 Å². The van der Waals surface area contributed by atoms with Gasteiger partial charge in [-0.05, 0) is 61.8 Å². The number of benzene rings is 1. The van der Waals surface area contributed by atoms with E-state index in [2.05, 4.69) is 19.2 Å². The van der Waals surface area contributed by atoms with Crippen molar-refractivity contribution in [3.63, 3.8) is 0 Å². The van der Waals surface area contributed by atoms with Crippen LogP contribution in [-0.4, -0.2) is 38.4 Å². The molecule has 0 saturated carbocycles. The third-order valence-electron chi connectivity index (χ3n) is 5.41. The minimum Gasteiger partial charge on any atom is -0.314 e. The summed E-state index contributed by atoms with van der Waals surface area (Å²) >= 11 is 6.22. The van der Waals surface area contributed by atoms with Gasteiger partial charge in [-0.15, -0.1) is 0 Å². The fraction of sp³-hybridized carbons (Fsp3) is 0.667. The number of sulfonamides is 1. The molecular formula is C18H27ClN2O2S. The zero-order chi connectivity index (χ0) is 17.3. The highest BCUT2D eigenvalue weighted by Gasteiger charge is 2.34. The van der Waals surface area contributed by atoms with Gasteiger partial charge < -0.3 is 5.32 Å². The Morgan fingerprint density at radius 2 is 1.92 bits per heavy atom. The molecule has 2 fully saturated rings. The lowest BCUT2D eigenvalue weighted by Gasteiger charge is -2.34. The molecule has 2 saturated heterocycles. The highest BCUT2D eigenvalue weighted by Crippen LogP contribution is 2.32. The number of halogens is 1. The number of nitrogens with one attached hydrogen (secondary N) is 1. The van der Waals surface area contributed by atoms with Crippen LogP contribution >= 0.6 is 11.6 Å². The molecule has 0 radical (unpaired) electrons. The van der Waals surface area contributed by atoms with E-state index in [1.807, 2.05) is 6.07 Å². The minimum atomic E-state index is -3.51. The molecule has 0 aliphatic carbocycles. The van der Waals surface area contributed by atoms with Crippen LogP contribution in [0.5, 0.6) is 0 Å². The first-order valence-electron chi connectivity index (χ1n) is 8.92. The topological polar surface area (TPSA) is 49.4 Å². The summed E-state index contributed by atoms with van der Waals surface area (Å²) in [6, 6.07) is 5.93. The van der Waals surface area contributed by atoms with Crippen LogP contribution in [0.25, 0.3) is 0 Å². The molecule has 2 aliphatic rings. The Hall–Kier alpha value is -0.620. The third kappa shape index (κ3) is 3.64. The number of hydrogen-bond donors (Lipinski definition) is 1.